The van der Waals surface area contributed by atoms with Crippen LogP contribution in [0.4, 0.5) is 0 Å². The van der Waals surface area contributed by atoms with Gasteiger partial charge >= 0.3 is 0 Å². The Balaban J connectivity index is 2.00. The van der Waals surface area contributed by atoms with Crippen molar-refractivity contribution in [3.05, 3.63) is 65.2 Å². The molecule has 136 valence electrons. The van der Waals surface area contributed by atoms with Crippen molar-refractivity contribution in [3.63, 3.8) is 0 Å². The molecule has 0 saturated heterocycles. The van der Waals surface area contributed by atoms with Crippen LogP contribution < -0.4 is 0 Å². The largest absolute Gasteiger partial charge is 0.507 e. The first-order valence-corrected chi connectivity index (χ1v) is 9.94. The normalized spacial score (nSPS) is 11.6. The molecular weight excluding hydrogens is 304 g/mol. The van der Waals surface area contributed by atoms with Crippen molar-refractivity contribution in [2.45, 2.75) is 77.6 Å². The fourth-order valence-corrected chi connectivity index (χ4v) is 3.58. The van der Waals surface area contributed by atoms with E-state index in [0.717, 1.165) is 24.0 Å². The van der Waals surface area contributed by atoms with Gasteiger partial charge in [0.1, 0.15) is 5.75 Å². The molecule has 0 atom stereocenters. The van der Waals surface area contributed by atoms with E-state index in [1.807, 2.05) is 6.07 Å². The standard InChI is InChI=1S/C24H34O/c1-4-5-6-7-8-9-11-15-20-16-14-19-22(23(20)25)24(2,3)21-17-12-10-13-18-21/h10,12-14,16-19,25H,4-9,11,15H2,1-3H3. The maximum Gasteiger partial charge on any atom is 0.122 e. The summed E-state index contributed by atoms with van der Waals surface area (Å²) in [5.74, 6) is 0.488. The first-order valence-electron chi connectivity index (χ1n) is 9.94. The summed E-state index contributed by atoms with van der Waals surface area (Å²) in [6, 6.07) is 16.7. The van der Waals surface area contributed by atoms with Crippen LogP contribution in [-0.4, -0.2) is 5.11 Å². The predicted octanol–water partition coefficient (Wildman–Crippen LogP) is 7.01. The molecular formula is C24H34O. The van der Waals surface area contributed by atoms with Crippen LogP contribution in [0.2, 0.25) is 0 Å². The summed E-state index contributed by atoms with van der Waals surface area (Å²) in [7, 11) is 0. The molecule has 25 heavy (non-hydrogen) atoms. The van der Waals surface area contributed by atoms with Gasteiger partial charge in [0.2, 0.25) is 0 Å². The maximum absolute atomic E-state index is 10.9. The Bertz CT molecular complexity index is 628. The molecule has 0 amide bonds. The zero-order valence-corrected chi connectivity index (χ0v) is 16.2. The van der Waals surface area contributed by atoms with Crippen molar-refractivity contribution >= 4 is 0 Å². The van der Waals surface area contributed by atoms with Crippen LogP contribution in [0.5, 0.6) is 5.75 Å². The van der Waals surface area contributed by atoms with E-state index in [1.165, 1.54) is 44.1 Å². The average Bonchev–Trinajstić information content (AvgIpc) is 2.63. The number of unbranched alkanes of at least 4 members (excludes halogenated alkanes) is 6. The minimum absolute atomic E-state index is 0.193. The highest BCUT2D eigenvalue weighted by atomic mass is 16.3. The lowest BCUT2D eigenvalue weighted by Crippen LogP contribution is -2.19. The van der Waals surface area contributed by atoms with Crippen molar-refractivity contribution < 1.29 is 5.11 Å². The van der Waals surface area contributed by atoms with Gasteiger partial charge in [0.05, 0.1) is 0 Å². The number of hydrogen-bond donors (Lipinski definition) is 1. The summed E-state index contributed by atoms with van der Waals surface area (Å²) in [5, 5.41) is 10.9. The van der Waals surface area contributed by atoms with Gasteiger partial charge in [0.15, 0.2) is 0 Å². The van der Waals surface area contributed by atoms with Crippen molar-refractivity contribution in [1.82, 2.24) is 0 Å². The molecule has 0 saturated carbocycles. The first kappa shape index (κ1) is 19.6. The fourth-order valence-electron chi connectivity index (χ4n) is 3.58. The van der Waals surface area contributed by atoms with Gasteiger partial charge in [-0.2, -0.15) is 0 Å². The minimum atomic E-state index is -0.193. The highest BCUT2D eigenvalue weighted by Crippen LogP contribution is 2.38. The molecule has 0 aliphatic rings. The van der Waals surface area contributed by atoms with E-state index >= 15 is 0 Å². The molecule has 0 fully saturated rings. The van der Waals surface area contributed by atoms with E-state index in [4.69, 9.17) is 0 Å². The lowest BCUT2D eigenvalue weighted by atomic mass is 9.77. The second-order valence-corrected chi connectivity index (χ2v) is 7.68. The molecule has 0 bridgehead atoms. The van der Waals surface area contributed by atoms with Gasteiger partial charge in [0, 0.05) is 11.0 Å². The Hall–Kier alpha value is -1.76. The Kier molecular flexibility index (Phi) is 7.55. The second kappa shape index (κ2) is 9.65. The molecule has 2 aromatic carbocycles. The molecule has 1 heteroatoms. The molecule has 0 aromatic heterocycles. The molecule has 2 aromatic rings. The van der Waals surface area contributed by atoms with Crippen LogP contribution in [0.1, 0.15) is 82.4 Å². The first-order chi connectivity index (χ1) is 12.1. The highest BCUT2D eigenvalue weighted by Gasteiger charge is 2.26. The lowest BCUT2D eigenvalue weighted by Gasteiger charge is -2.27. The van der Waals surface area contributed by atoms with Gasteiger partial charge in [-0.25, -0.2) is 0 Å². The number of aryl methyl sites for hydroxylation is 1. The molecule has 2 rings (SSSR count). The molecule has 0 aliphatic heterocycles. The van der Waals surface area contributed by atoms with Gasteiger partial charge in [-0.3, -0.25) is 0 Å². The SMILES string of the molecule is CCCCCCCCCc1cccc(C(C)(C)c2ccccc2)c1O. The summed E-state index contributed by atoms with van der Waals surface area (Å²) in [4.78, 5) is 0. The minimum Gasteiger partial charge on any atom is -0.507 e. The van der Waals surface area contributed by atoms with Crippen LogP contribution in [-0.2, 0) is 11.8 Å². The lowest BCUT2D eigenvalue weighted by molar-refractivity contribution is 0.444. The molecule has 0 aliphatic carbocycles. The Morgan fingerprint density at radius 2 is 1.40 bits per heavy atom. The van der Waals surface area contributed by atoms with E-state index in [0.29, 0.717) is 5.75 Å². The van der Waals surface area contributed by atoms with E-state index in [9.17, 15) is 5.11 Å². The van der Waals surface area contributed by atoms with Gasteiger partial charge in [-0.15, -0.1) is 0 Å². The van der Waals surface area contributed by atoms with Crippen LogP contribution in [0.3, 0.4) is 0 Å². The molecule has 0 unspecified atom stereocenters. The van der Waals surface area contributed by atoms with Crippen LogP contribution in [0.15, 0.2) is 48.5 Å². The third-order valence-electron chi connectivity index (χ3n) is 5.34. The summed E-state index contributed by atoms with van der Waals surface area (Å²) in [6.07, 6.45) is 10.1. The molecule has 0 radical (unpaired) electrons. The zero-order chi connectivity index (χ0) is 18.1. The quantitative estimate of drug-likeness (QED) is 0.462. The van der Waals surface area contributed by atoms with Crippen LogP contribution in [0.25, 0.3) is 0 Å². The van der Waals surface area contributed by atoms with Crippen LogP contribution in [0, 0.1) is 0 Å². The number of aromatic hydroxyl groups is 1. The summed E-state index contributed by atoms with van der Waals surface area (Å²) < 4.78 is 0. The number of para-hydroxylation sites is 1. The monoisotopic (exact) mass is 338 g/mol. The molecule has 0 heterocycles. The molecule has 1 nitrogen and oxygen atoms in total. The topological polar surface area (TPSA) is 20.2 Å². The number of phenolic OH excluding ortho intramolecular Hbond substituents is 1. The highest BCUT2D eigenvalue weighted by molar-refractivity contribution is 5.49. The summed E-state index contributed by atoms with van der Waals surface area (Å²) in [5.41, 5.74) is 3.16. The average molecular weight is 339 g/mol. The van der Waals surface area contributed by atoms with Gasteiger partial charge in [-0.05, 0) is 24.0 Å². The van der Waals surface area contributed by atoms with Gasteiger partial charge < -0.3 is 5.11 Å². The summed E-state index contributed by atoms with van der Waals surface area (Å²) >= 11 is 0. The van der Waals surface area contributed by atoms with Crippen molar-refractivity contribution in [1.29, 1.82) is 0 Å². The predicted molar refractivity (Wildman–Crippen MR) is 108 cm³/mol. The Labute approximate surface area is 154 Å². The van der Waals surface area contributed by atoms with Crippen molar-refractivity contribution in [3.8, 4) is 5.75 Å². The molecule has 1 N–H and O–H groups in total. The van der Waals surface area contributed by atoms with Crippen molar-refractivity contribution in [2.75, 3.05) is 0 Å². The van der Waals surface area contributed by atoms with Crippen LogP contribution >= 0.6 is 0 Å². The van der Waals surface area contributed by atoms with E-state index in [1.54, 1.807) is 0 Å². The summed E-state index contributed by atoms with van der Waals surface area (Å²) in [6.45, 7) is 6.64. The molecule has 0 spiro atoms. The Morgan fingerprint density at radius 3 is 2.08 bits per heavy atom. The third kappa shape index (κ3) is 5.36. The third-order valence-corrected chi connectivity index (χ3v) is 5.34. The van der Waals surface area contributed by atoms with Crippen molar-refractivity contribution in [2.24, 2.45) is 0 Å². The van der Waals surface area contributed by atoms with Gasteiger partial charge in [-0.1, -0.05) is 108 Å². The smallest absolute Gasteiger partial charge is 0.122 e. The zero-order valence-electron chi connectivity index (χ0n) is 16.2. The van der Waals surface area contributed by atoms with Gasteiger partial charge in [0.25, 0.3) is 0 Å². The van der Waals surface area contributed by atoms with E-state index < -0.39 is 0 Å². The number of hydrogen-bond acceptors (Lipinski definition) is 1. The second-order valence-electron chi connectivity index (χ2n) is 7.68. The van der Waals surface area contributed by atoms with E-state index in [2.05, 4.69) is 63.2 Å². The Morgan fingerprint density at radius 1 is 0.760 bits per heavy atom. The fraction of sp³-hybridized carbons (Fsp3) is 0.500. The number of benzene rings is 2. The maximum atomic E-state index is 10.9. The number of phenols is 1. The van der Waals surface area contributed by atoms with E-state index in [-0.39, 0.29) is 5.41 Å². The number of rotatable bonds is 10.